The summed E-state index contributed by atoms with van der Waals surface area (Å²) in [6, 6.07) is 2.57. The summed E-state index contributed by atoms with van der Waals surface area (Å²) < 4.78 is 26.5. The fourth-order valence-electron chi connectivity index (χ4n) is 1.11. The Morgan fingerprint density at radius 2 is 2.00 bits per heavy atom. The maximum atomic E-state index is 10.9. The number of nitrogens with zero attached hydrogens (tertiary/aromatic N) is 1. The molecule has 0 aliphatic heterocycles. The zero-order chi connectivity index (χ0) is 12.5. The first-order valence-corrected chi connectivity index (χ1v) is 6.54. The highest BCUT2D eigenvalue weighted by Crippen LogP contribution is 2.25. The van der Waals surface area contributed by atoms with Gasteiger partial charge < -0.3 is 4.18 Å². The molecule has 1 aromatic carbocycles. The summed E-state index contributed by atoms with van der Waals surface area (Å²) in [5.74, 6) is -0.0274. The molecule has 0 amide bonds. The second kappa shape index (κ2) is 4.35. The molecule has 0 aliphatic rings. The average Bonchev–Trinajstić information content (AvgIpc) is 2.07. The van der Waals surface area contributed by atoms with Crippen molar-refractivity contribution in [2.45, 2.75) is 6.92 Å². The fraction of sp³-hybridized carbons (Fsp3) is 0.250. The molecule has 0 heterocycles. The van der Waals surface area contributed by atoms with Crippen LogP contribution in [0.3, 0.4) is 0 Å². The van der Waals surface area contributed by atoms with Crippen LogP contribution in [0, 0.1) is 17.0 Å². The van der Waals surface area contributed by atoms with Gasteiger partial charge in [-0.1, -0.05) is 9.24 Å². The Labute approximate surface area is 95.1 Å². The van der Waals surface area contributed by atoms with E-state index in [1.54, 1.807) is 6.92 Å². The standard InChI is InChI=1S/C8H10NO5PS/c1-5-3-8(15)6(9(10)11)4-7(5)14-16(2,12)13/h3-4H,15H2,1-2H3. The molecule has 6 nitrogen and oxygen atoms in total. The molecule has 1 atom stereocenters. The minimum atomic E-state index is -3.68. The SMILES string of the molecule is Cc1cc(P)c([N+](=O)[O-])cc1OS(C)(=O)=O. The van der Waals surface area contributed by atoms with Crippen molar-refractivity contribution in [1.29, 1.82) is 0 Å². The lowest BCUT2D eigenvalue weighted by Crippen LogP contribution is -2.09. The maximum absolute atomic E-state index is 10.9. The molecule has 0 saturated carbocycles. The average molecular weight is 263 g/mol. The Bertz CT molecular complexity index is 540. The molecule has 88 valence electrons. The summed E-state index contributed by atoms with van der Waals surface area (Å²) in [5, 5.41) is 11.0. The molecule has 1 rings (SSSR count). The van der Waals surface area contributed by atoms with Gasteiger partial charge in [0, 0.05) is 5.30 Å². The van der Waals surface area contributed by atoms with Crippen molar-refractivity contribution in [3.05, 3.63) is 27.8 Å². The number of rotatable bonds is 3. The second-order valence-corrected chi connectivity index (χ2v) is 5.42. The largest absolute Gasteiger partial charge is 0.382 e. The van der Waals surface area contributed by atoms with Crippen molar-refractivity contribution in [3.63, 3.8) is 0 Å². The van der Waals surface area contributed by atoms with Gasteiger partial charge in [0.25, 0.3) is 5.69 Å². The minimum absolute atomic E-state index is 0.0274. The van der Waals surface area contributed by atoms with E-state index in [1.165, 1.54) is 6.07 Å². The molecule has 16 heavy (non-hydrogen) atoms. The van der Waals surface area contributed by atoms with Gasteiger partial charge in [-0.3, -0.25) is 10.1 Å². The number of hydrogen-bond acceptors (Lipinski definition) is 5. The van der Waals surface area contributed by atoms with Crippen LogP contribution in [0.15, 0.2) is 12.1 Å². The molecule has 0 bridgehead atoms. The third-order valence-corrected chi connectivity index (χ3v) is 2.71. The molecule has 0 saturated heterocycles. The quantitative estimate of drug-likeness (QED) is 0.347. The van der Waals surface area contributed by atoms with Crippen LogP contribution >= 0.6 is 9.24 Å². The normalized spacial score (nSPS) is 11.2. The summed E-state index contributed by atoms with van der Waals surface area (Å²) in [6.07, 6.45) is 0.882. The van der Waals surface area contributed by atoms with Crippen molar-refractivity contribution in [1.82, 2.24) is 0 Å². The van der Waals surface area contributed by atoms with E-state index in [2.05, 4.69) is 13.4 Å². The molecule has 0 aliphatic carbocycles. The van der Waals surface area contributed by atoms with E-state index < -0.39 is 15.0 Å². The lowest BCUT2D eigenvalue weighted by molar-refractivity contribution is -0.383. The summed E-state index contributed by atoms with van der Waals surface area (Å²) in [4.78, 5) is 10.0. The lowest BCUT2D eigenvalue weighted by Gasteiger charge is -2.07. The zero-order valence-corrected chi connectivity index (χ0v) is 10.6. The highest BCUT2D eigenvalue weighted by molar-refractivity contribution is 7.86. The second-order valence-electron chi connectivity index (χ2n) is 3.22. The highest BCUT2D eigenvalue weighted by Gasteiger charge is 2.17. The number of nitro benzene ring substituents is 1. The van der Waals surface area contributed by atoms with E-state index >= 15 is 0 Å². The van der Waals surface area contributed by atoms with Gasteiger partial charge in [-0.15, -0.1) is 0 Å². The van der Waals surface area contributed by atoms with Crippen molar-refractivity contribution in [2.75, 3.05) is 6.26 Å². The lowest BCUT2D eigenvalue weighted by atomic mass is 10.2. The van der Waals surface area contributed by atoms with E-state index in [1.807, 2.05) is 0 Å². The topological polar surface area (TPSA) is 86.5 Å². The maximum Gasteiger partial charge on any atom is 0.306 e. The predicted molar refractivity (Wildman–Crippen MR) is 62.6 cm³/mol. The number of aryl methyl sites for hydroxylation is 1. The van der Waals surface area contributed by atoms with Crippen LogP contribution in [0.4, 0.5) is 5.69 Å². The van der Waals surface area contributed by atoms with Gasteiger partial charge >= 0.3 is 10.1 Å². The van der Waals surface area contributed by atoms with Crippen LogP contribution in [-0.4, -0.2) is 19.6 Å². The van der Waals surface area contributed by atoms with E-state index in [9.17, 15) is 18.5 Å². The number of nitro groups is 1. The van der Waals surface area contributed by atoms with Crippen molar-refractivity contribution in [2.24, 2.45) is 0 Å². The molecule has 0 spiro atoms. The van der Waals surface area contributed by atoms with E-state index in [4.69, 9.17) is 0 Å². The smallest absolute Gasteiger partial charge is 0.306 e. The van der Waals surface area contributed by atoms with Gasteiger partial charge in [-0.05, 0) is 18.6 Å². The van der Waals surface area contributed by atoms with Crippen molar-refractivity contribution >= 4 is 30.3 Å². The molecular formula is C8H10NO5PS. The fourth-order valence-corrected chi connectivity index (χ4v) is 2.06. The molecular weight excluding hydrogens is 253 g/mol. The van der Waals surface area contributed by atoms with Gasteiger partial charge in [0.15, 0.2) is 5.75 Å². The Balaban J connectivity index is 3.31. The summed E-state index contributed by atoms with van der Waals surface area (Å²) in [7, 11) is -1.47. The molecule has 1 unspecified atom stereocenters. The molecule has 0 fully saturated rings. The third kappa shape index (κ3) is 3.15. The zero-order valence-electron chi connectivity index (χ0n) is 8.63. The highest BCUT2D eigenvalue weighted by atomic mass is 32.2. The summed E-state index contributed by atoms with van der Waals surface area (Å²) in [6.45, 7) is 1.61. The van der Waals surface area contributed by atoms with Gasteiger partial charge in [0.05, 0.1) is 17.2 Å². The minimum Gasteiger partial charge on any atom is -0.382 e. The third-order valence-electron chi connectivity index (χ3n) is 1.76. The Hall–Kier alpha value is -1.20. The van der Waals surface area contributed by atoms with E-state index in [-0.39, 0.29) is 11.4 Å². The molecule has 1 aromatic rings. The van der Waals surface area contributed by atoms with E-state index in [0.717, 1.165) is 12.3 Å². The first-order valence-electron chi connectivity index (χ1n) is 4.14. The van der Waals surface area contributed by atoms with Gasteiger partial charge in [0.2, 0.25) is 0 Å². The van der Waals surface area contributed by atoms with Crippen LogP contribution in [0.25, 0.3) is 0 Å². The van der Waals surface area contributed by atoms with Gasteiger partial charge in [-0.25, -0.2) is 0 Å². The monoisotopic (exact) mass is 263 g/mol. The first kappa shape index (κ1) is 12.9. The number of benzene rings is 1. The van der Waals surface area contributed by atoms with Crippen molar-refractivity contribution in [3.8, 4) is 5.75 Å². The van der Waals surface area contributed by atoms with Crippen LogP contribution in [0.1, 0.15) is 5.56 Å². The van der Waals surface area contributed by atoms with E-state index in [0.29, 0.717) is 10.9 Å². The Morgan fingerprint density at radius 1 is 1.44 bits per heavy atom. The number of hydrogen-bond donors (Lipinski definition) is 0. The molecule has 0 radical (unpaired) electrons. The van der Waals surface area contributed by atoms with Gasteiger partial charge in [-0.2, -0.15) is 8.42 Å². The molecule has 8 heteroatoms. The molecule has 0 aromatic heterocycles. The van der Waals surface area contributed by atoms with Crippen LogP contribution in [0.5, 0.6) is 5.75 Å². The predicted octanol–water partition coefficient (Wildman–Crippen LogP) is 0.742. The molecule has 0 N–H and O–H groups in total. The Kier molecular flexibility index (Phi) is 3.50. The summed E-state index contributed by atoms with van der Waals surface area (Å²) in [5.41, 5.74) is 0.315. The Morgan fingerprint density at radius 3 is 2.44 bits per heavy atom. The van der Waals surface area contributed by atoms with Crippen LogP contribution in [-0.2, 0) is 10.1 Å². The summed E-state index contributed by atoms with van der Waals surface area (Å²) >= 11 is 0. The van der Waals surface area contributed by atoms with Crippen LogP contribution < -0.4 is 9.49 Å². The van der Waals surface area contributed by atoms with Gasteiger partial charge in [0.1, 0.15) is 0 Å². The van der Waals surface area contributed by atoms with Crippen molar-refractivity contribution < 1.29 is 17.5 Å². The van der Waals surface area contributed by atoms with Crippen LogP contribution in [0.2, 0.25) is 0 Å². The first-order chi connectivity index (χ1) is 7.20.